The molecule has 0 spiro atoms. The second-order valence-electron chi connectivity index (χ2n) is 6.27. The van der Waals surface area contributed by atoms with Crippen LogP contribution in [0.4, 0.5) is 0 Å². The largest absolute Gasteiger partial charge is 0.373 e. The molecule has 4 rings (SSSR count). The van der Waals surface area contributed by atoms with E-state index in [0.717, 1.165) is 6.42 Å². The molecule has 6 atom stereocenters. The summed E-state index contributed by atoms with van der Waals surface area (Å²) < 4.78 is 28.9. The Morgan fingerprint density at radius 3 is 2.79 bits per heavy atom. The van der Waals surface area contributed by atoms with E-state index in [1.165, 1.54) is 0 Å². The summed E-state index contributed by atoms with van der Waals surface area (Å²) in [5.74, 6) is -1.86. The van der Waals surface area contributed by atoms with E-state index < -0.39 is 17.9 Å². The Bertz CT molecular complexity index is 385. The topological polar surface area (TPSA) is 66.4 Å². The molecule has 0 amide bonds. The zero-order valence-corrected chi connectivity index (χ0v) is 11.2. The van der Waals surface area contributed by atoms with Crippen molar-refractivity contribution in [3.8, 4) is 0 Å². The van der Waals surface area contributed by atoms with E-state index in [9.17, 15) is 5.11 Å². The molecule has 6 heteroatoms. The average molecular weight is 272 g/mol. The highest BCUT2D eigenvalue weighted by atomic mass is 16.8. The second kappa shape index (κ2) is 3.90. The maximum atomic E-state index is 10.6. The molecule has 0 unspecified atom stereocenters. The van der Waals surface area contributed by atoms with Crippen molar-refractivity contribution < 1.29 is 28.8 Å². The monoisotopic (exact) mass is 272 g/mol. The van der Waals surface area contributed by atoms with Crippen LogP contribution in [0.25, 0.3) is 0 Å². The Morgan fingerprint density at radius 1 is 1.11 bits per heavy atom. The fourth-order valence-electron chi connectivity index (χ4n) is 3.55. The average Bonchev–Trinajstić information content (AvgIpc) is 2.78. The third kappa shape index (κ3) is 1.86. The molecule has 6 nitrogen and oxygen atoms in total. The summed E-state index contributed by atoms with van der Waals surface area (Å²) in [6.45, 7) is 4.38. The Balaban J connectivity index is 1.57. The standard InChI is InChI=1S/C13H20O6/c1-12(2)17-10-9-7(16-11(10)19-12)6-8-13(14,18-9)4-3-5-15-8/h7-11,14H,3-6H2,1-2H3/t7-,8+,9+,10-,11-,13+/m1/s1. The smallest absolute Gasteiger partial charge is 0.192 e. The maximum Gasteiger partial charge on any atom is 0.192 e. The van der Waals surface area contributed by atoms with E-state index in [1.807, 2.05) is 13.8 Å². The zero-order valence-electron chi connectivity index (χ0n) is 11.2. The molecule has 4 fully saturated rings. The van der Waals surface area contributed by atoms with Gasteiger partial charge >= 0.3 is 0 Å². The van der Waals surface area contributed by atoms with Gasteiger partial charge in [0.2, 0.25) is 0 Å². The van der Waals surface area contributed by atoms with E-state index in [-0.39, 0.29) is 24.4 Å². The van der Waals surface area contributed by atoms with Crippen molar-refractivity contribution in [3.63, 3.8) is 0 Å². The Hall–Kier alpha value is -0.240. The SMILES string of the molecule is CC1(C)O[C@H]2O[C@@H]3C[C@@H]4OCCC[C@]4(O)O[C@@H]3[C@H]2O1. The third-order valence-electron chi connectivity index (χ3n) is 4.38. The Labute approximate surface area is 111 Å². The highest BCUT2D eigenvalue weighted by Crippen LogP contribution is 2.46. The van der Waals surface area contributed by atoms with Crippen molar-refractivity contribution in [3.05, 3.63) is 0 Å². The number of aliphatic hydroxyl groups is 1. The van der Waals surface area contributed by atoms with E-state index in [2.05, 4.69) is 0 Å². The van der Waals surface area contributed by atoms with Gasteiger partial charge in [0.25, 0.3) is 0 Å². The summed E-state index contributed by atoms with van der Waals surface area (Å²) in [5.41, 5.74) is 0. The molecule has 0 aromatic carbocycles. The summed E-state index contributed by atoms with van der Waals surface area (Å²) in [7, 11) is 0. The molecule has 0 bridgehead atoms. The minimum absolute atomic E-state index is 0.130. The second-order valence-corrected chi connectivity index (χ2v) is 6.27. The van der Waals surface area contributed by atoms with Crippen LogP contribution in [0.15, 0.2) is 0 Å². The number of hydrogen-bond acceptors (Lipinski definition) is 6. The van der Waals surface area contributed by atoms with Gasteiger partial charge in [-0.15, -0.1) is 0 Å². The lowest BCUT2D eigenvalue weighted by Crippen LogP contribution is -2.60. The highest BCUT2D eigenvalue weighted by molar-refractivity contribution is 5.02. The van der Waals surface area contributed by atoms with Crippen LogP contribution in [0.3, 0.4) is 0 Å². The highest BCUT2D eigenvalue weighted by Gasteiger charge is 2.62. The summed E-state index contributed by atoms with van der Waals surface area (Å²) in [5, 5.41) is 10.6. The van der Waals surface area contributed by atoms with Crippen molar-refractivity contribution >= 4 is 0 Å². The van der Waals surface area contributed by atoms with Gasteiger partial charge in [-0.25, -0.2) is 0 Å². The third-order valence-corrected chi connectivity index (χ3v) is 4.38. The molecule has 0 saturated carbocycles. The molecule has 0 radical (unpaired) electrons. The maximum absolute atomic E-state index is 10.6. The lowest BCUT2D eigenvalue weighted by Gasteiger charge is -2.47. The lowest BCUT2D eigenvalue weighted by atomic mass is 9.90. The van der Waals surface area contributed by atoms with Gasteiger partial charge in [-0.1, -0.05) is 0 Å². The first-order chi connectivity index (χ1) is 8.97. The quantitative estimate of drug-likeness (QED) is 0.693. The van der Waals surface area contributed by atoms with E-state index in [1.54, 1.807) is 0 Å². The first kappa shape index (κ1) is 12.5. The summed E-state index contributed by atoms with van der Waals surface area (Å²) in [6.07, 6.45) is 0.630. The van der Waals surface area contributed by atoms with E-state index in [4.69, 9.17) is 23.7 Å². The minimum atomic E-state index is -1.20. The molecular weight excluding hydrogens is 252 g/mol. The molecule has 1 N–H and O–H groups in total. The molecule has 19 heavy (non-hydrogen) atoms. The molecule has 4 heterocycles. The minimum Gasteiger partial charge on any atom is -0.373 e. The normalized spacial score (nSPS) is 55.4. The first-order valence-electron chi connectivity index (χ1n) is 7.00. The molecule has 0 aliphatic carbocycles. The molecule has 0 aromatic heterocycles. The Kier molecular flexibility index (Phi) is 2.57. The van der Waals surface area contributed by atoms with Gasteiger partial charge in [-0.05, 0) is 20.3 Å². The summed E-state index contributed by atoms with van der Waals surface area (Å²) >= 11 is 0. The van der Waals surface area contributed by atoms with Crippen LogP contribution in [0.2, 0.25) is 0 Å². The molecule has 0 aromatic rings. The predicted octanol–water partition coefficient (Wildman–Crippen LogP) is 0.519. The lowest BCUT2D eigenvalue weighted by molar-refractivity contribution is -0.350. The van der Waals surface area contributed by atoms with Gasteiger partial charge in [0.1, 0.15) is 18.3 Å². The zero-order chi connectivity index (χ0) is 13.3. The molecule has 108 valence electrons. The number of rotatable bonds is 0. The molecule has 4 aliphatic rings. The van der Waals surface area contributed by atoms with Gasteiger partial charge in [0, 0.05) is 19.4 Å². The van der Waals surface area contributed by atoms with E-state index >= 15 is 0 Å². The number of ether oxygens (including phenoxy) is 5. The van der Waals surface area contributed by atoms with Crippen LogP contribution in [0.5, 0.6) is 0 Å². The van der Waals surface area contributed by atoms with Crippen molar-refractivity contribution in [2.45, 2.75) is 75.4 Å². The number of fused-ring (bicyclic) bond motifs is 4. The predicted molar refractivity (Wildman–Crippen MR) is 62.1 cm³/mol. The van der Waals surface area contributed by atoms with Crippen molar-refractivity contribution in [1.29, 1.82) is 0 Å². The van der Waals surface area contributed by atoms with Crippen molar-refractivity contribution in [2.24, 2.45) is 0 Å². The van der Waals surface area contributed by atoms with Crippen LogP contribution in [-0.2, 0) is 23.7 Å². The van der Waals surface area contributed by atoms with Crippen LogP contribution in [0.1, 0.15) is 33.1 Å². The fraction of sp³-hybridized carbons (Fsp3) is 1.00. The molecule has 4 aliphatic heterocycles. The van der Waals surface area contributed by atoms with Gasteiger partial charge in [-0.2, -0.15) is 0 Å². The Morgan fingerprint density at radius 2 is 1.95 bits per heavy atom. The van der Waals surface area contributed by atoms with Crippen LogP contribution < -0.4 is 0 Å². The van der Waals surface area contributed by atoms with Crippen LogP contribution in [0, 0.1) is 0 Å². The van der Waals surface area contributed by atoms with Gasteiger partial charge < -0.3 is 28.8 Å². The summed E-state index contributed by atoms with van der Waals surface area (Å²) in [4.78, 5) is 0. The summed E-state index contributed by atoms with van der Waals surface area (Å²) in [6, 6.07) is 0. The van der Waals surface area contributed by atoms with Crippen molar-refractivity contribution in [1.82, 2.24) is 0 Å². The molecular formula is C13H20O6. The number of hydrogen-bond donors (Lipinski definition) is 1. The van der Waals surface area contributed by atoms with Gasteiger partial charge in [0.15, 0.2) is 17.9 Å². The van der Waals surface area contributed by atoms with Gasteiger partial charge in [-0.3, -0.25) is 0 Å². The first-order valence-corrected chi connectivity index (χ1v) is 7.00. The van der Waals surface area contributed by atoms with Crippen molar-refractivity contribution in [2.75, 3.05) is 6.61 Å². The fourth-order valence-corrected chi connectivity index (χ4v) is 3.55. The molecule has 4 saturated heterocycles. The van der Waals surface area contributed by atoms with E-state index in [0.29, 0.717) is 19.4 Å². The van der Waals surface area contributed by atoms with Crippen LogP contribution >= 0.6 is 0 Å². The van der Waals surface area contributed by atoms with Crippen LogP contribution in [-0.4, -0.2) is 54.0 Å². The van der Waals surface area contributed by atoms with Gasteiger partial charge in [0.05, 0.1) is 6.10 Å².